The molecule has 2 aromatic rings. The van der Waals surface area contributed by atoms with E-state index in [0.29, 0.717) is 5.56 Å². The third-order valence-electron chi connectivity index (χ3n) is 3.19. The summed E-state index contributed by atoms with van der Waals surface area (Å²) in [7, 11) is 0. The van der Waals surface area contributed by atoms with Crippen LogP contribution in [0.2, 0.25) is 0 Å². The van der Waals surface area contributed by atoms with Crippen molar-refractivity contribution in [2.45, 2.75) is 6.92 Å². The topological polar surface area (TPSA) is 111 Å². The SMILES string of the molecule is CCOc1cc(NC(=O)c2ccccc2)c(OCCO)cc1[N+](=O)[O-]. The summed E-state index contributed by atoms with van der Waals surface area (Å²) in [6, 6.07) is 11.0. The number of carbonyl (C=O) groups excluding carboxylic acids is 1. The number of nitro groups is 1. The van der Waals surface area contributed by atoms with E-state index < -0.39 is 10.8 Å². The Labute approximate surface area is 144 Å². The van der Waals surface area contributed by atoms with E-state index >= 15 is 0 Å². The molecule has 0 aliphatic rings. The highest BCUT2D eigenvalue weighted by Gasteiger charge is 2.21. The summed E-state index contributed by atoms with van der Waals surface area (Å²) in [6.45, 7) is 1.58. The minimum absolute atomic E-state index is 0.0206. The van der Waals surface area contributed by atoms with Gasteiger partial charge in [-0.25, -0.2) is 0 Å². The number of aliphatic hydroxyl groups is 1. The number of nitro benzene ring substituents is 1. The highest BCUT2D eigenvalue weighted by Crippen LogP contribution is 2.38. The predicted octanol–water partition coefficient (Wildman–Crippen LogP) is 2.62. The maximum atomic E-state index is 12.3. The first-order chi connectivity index (χ1) is 12.1. The van der Waals surface area contributed by atoms with E-state index in [1.54, 1.807) is 37.3 Å². The molecule has 0 saturated carbocycles. The van der Waals surface area contributed by atoms with Gasteiger partial charge in [0.1, 0.15) is 12.4 Å². The molecule has 25 heavy (non-hydrogen) atoms. The van der Waals surface area contributed by atoms with Crippen molar-refractivity contribution < 1.29 is 24.3 Å². The van der Waals surface area contributed by atoms with Crippen LogP contribution in [-0.4, -0.2) is 35.8 Å². The molecule has 2 rings (SSSR count). The highest BCUT2D eigenvalue weighted by molar-refractivity contribution is 6.05. The molecule has 0 heterocycles. The third kappa shape index (κ3) is 4.67. The van der Waals surface area contributed by atoms with Gasteiger partial charge in [0.25, 0.3) is 5.91 Å². The lowest BCUT2D eigenvalue weighted by Gasteiger charge is -2.14. The van der Waals surface area contributed by atoms with E-state index in [1.807, 2.05) is 0 Å². The van der Waals surface area contributed by atoms with Crippen LogP contribution in [0.15, 0.2) is 42.5 Å². The van der Waals surface area contributed by atoms with Gasteiger partial charge in [0, 0.05) is 11.6 Å². The molecule has 0 aliphatic heterocycles. The van der Waals surface area contributed by atoms with Gasteiger partial charge in [-0.1, -0.05) is 18.2 Å². The van der Waals surface area contributed by atoms with Gasteiger partial charge >= 0.3 is 5.69 Å². The van der Waals surface area contributed by atoms with Crippen LogP contribution in [0.25, 0.3) is 0 Å². The zero-order chi connectivity index (χ0) is 18.2. The van der Waals surface area contributed by atoms with Crippen molar-refractivity contribution >= 4 is 17.3 Å². The van der Waals surface area contributed by atoms with Crippen molar-refractivity contribution in [2.24, 2.45) is 0 Å². The summed E-state index contributed by atoms with van der Waals surface area (Å²) < 4.78 is 10.6. The molecule has 0 fully saturated rings. The van der Waals surface area contributed by atoms with Crippen LogP contribution >= 0.6 is 0 Å². The van der Waals surface area contributed by atoms with Gasteiger partial charge in [-0.2, -0.15) is 0 Å². The molecule has 0 bridgehead atoms. The van der Waals surface area contributed by atoms with Gasteiger partial charge < -0.3 is 19.9 Å². The quantitative estimate of drug-likeness (QED) is 0.561. The van der Waals surface area contributed by atoms with Crippen LogP contribution in [0.3, 0.4) is 0 Å². The Bertz CT molecular complexity index is 748. The molecule has 2 aromatic carbocycles. The number of anilines is 1. The molecule has 0 radical (unpaired) electrons. The van der Waals surface area contributed by atoms with Gasteiger partial charge in [0.2, 0.25) is 0 Å². The maximum Gasteiger partial charge on any atom is 0.314 e. The molecule has 132 valence electrons. The second kappa shape index (κ2) is 8.65. The van der Waals surface area contributed by atoms with E-state index in [-0.39, 0.29) is 42.7 Å². The van der Waals surface area contributed by atoms with Crippen LogP contribution in [0.4, 0.5) is 11.4 Å². The number of benzene rings is 2. The zero-order valence-corrected chi connectivity index (χ0v) is 13.6. The first-order valence-corrected chi connectivity index (χ1v) is 7.62. The van der Waals surface area contributed by atoms with E-state index in [0.717, 1.165) is 0 Å². The van der Waals surface area contributed by atoms with Crippen LogP contribution in [0.5, 0.6) is 11.5 Å². The average molecular weight is 346 g/mol. The fourth-order valence-corrected chi connectivity index (χ4v) is 2.12. The normalized spacial score (nSPS) is 10.2. The summed E-state index contributed by atoms with van der Waals surface area (Å²) >= 11 is 0. The van der Waals surface area contributed by atoms with Gasteiger partial charge in [-0.15, -0.1) is 0 Å². The molecule has 8 heteroatoms. The molecule has 0 aliphatic carbocycles. The molecule has 2 N–H and O–H groups in total. The summed E-state index contributed by atoms with van der Waals surface area (Å²) in [5.74, 6) is -0.300. The Morgan fingerprint density at radius 2 is 1.92 bits per heavy atom. The lowest BCUT2D eigenvalue weighted by Crippen LogP contribution is -2.14. The van der Waals surface area contributed by atoms with Crippen molar-refractivity contribution in [3.8, 4) is 11.5 Å². The molecule has 0 spiro atoms. The fourth-order valence-electron chi connectivity index (χ4n) is 2.12. The van der Waals surface area contributed by atoms with Gasteiger partial charge in [-0.05, 0) is 19.1 Å². The molecular weight excluding hydrogens is 328 g/mol. The highest BCUT2D eigenvalue weighted by atomic mass is 16.6. The Morgan fingerprint density at radius 3 is 2.52 bits per heavy atom. The molecule has 0 unspecified atom stereocenters. The number of nitrogens with one attached hydrogen (secondary N) is 1. The largest absolute Gasteiger partial charge is 0.489 e. The maximum absolute atomic E-state index is 12.3. The predicted molar refractivity (Wildman–Crippen MR) is 91.2 cm³/mol. The number of nitrogens with zero attached hydrogens (tertiary/aromatic N) is 1. The smallest absolute Gasteiger partial charge is 0.314 e. The summed E-state index contributed by atoms with van der Waals surface area (Å²) in [6.07, 6.45) is 0. The second-order valence-electron chi connectivity index (χ2n) is 4.90. The number of rotatable bonds is 8. The Hall–Kier alpha value is -3.13. The molecule has 1 amide bonds. The van der Waals surface area contributed by atoms with Gasteiger partial charge in [-0.3, -0.25) is 14.9 Å². The number of hydrogen-bond acceptors (Lipinski definition) is 6. The Morgan fingerprint density at radius 1 is 1.20 bits per heavy atom. The Balaban J connectivity index is 2.40. The first kappa shape index (κ1) is 18.2. The van der Waals surface area contributed by atoms with Crippen molar-refractivity contribution in [2.75, 3.05) is 25.1 Å². The number of aliphatic hydroxyl groups excluding tert-OH is 1. The Kier molecular flexibility index (Phi) is 6.30. The van der Waals surface area contributed by atoms with E-state index in [2.05, 4.69) is 5.32 Å². The number of carbonyl (C=O) groups is 1. The van der Waals surface area contributed by atoms with Crippen LogP contribution in [0.1, 0.15) is 17.3 Å². The lowest BCUT2D eigenvalue weighted by atomic mass is 10.2. The van der Waals surface area contributed by atoms with Gasteiger partial charge in [0.15, 0.2) is 5.75 Å². The number of ether oxygens (including phenoxy) is 2. The van der Waals surface area contributed by atoms with Crippen molar-refractivity contribution in [3.63, 3.8) is 0 Å². The van der Waals surface area contributed by atoms with Crippen molar-refractivity contribution in [3.05, 3.63) is 58.1 Å². The number of hydrogen-bond donors (Lipinski definition) is 2. The van der Waals surface area contributed by atoms with E-state index in [4.69, 9.17) is 14.6 Å². The monoisotopic (exact) mass is 346 g/mol. The van der Waals surface area contributed by atoms with E-state index in [1.165, 1.54) is 12.1 Å². The first-order valence-electron chi connectivity index (χ1n) is 7.62. The van der Waals surface area contributed by atoms with E-state index in [9.17, 15) is 14.9 Å². The summed E-state index contributed by atoms with van der Waals surface area (Å²) in [5.41, 5.74) is 0.357. The molecule has 0 atom stereocenters. The fraction of sp³-hybridized carbons (Fsp3) is 0.235. The third-order valence-corrected chi connectivity index (χ3v) is 3.19. The van der Waals surface area contributed by atoms with Crippen LogP contribution in [-0.2, 0) is 0 Å². The van der Waals surface area contributed by atoms with Gasteiger partial charge in [0.05, 0.1) is 29.9 Å². The number of amides is 1. The summed E-state index contributed by atoms with van der Waals surface area (Å²) in [5, 5.41) is 22.8. The molecule has 0 aromatic heterocycles. The lowest BCUT2D eigenvalue weighted by molar-refractivity contribution is -0.385. The van der Waals surface area contributed by atoms with Crippen LogP contribution in [0, 0.1) is 10.1 Å². The molecule has 8 nitrogen and oxygen atoms in total. The summed E-state index contributed by atoms with van der Waals surface area (Å²) in [4.78, 5) is 23.0. The van der Waals surface area contributed by atoms with Crippen molar-refractivity contribution in [1.29, 1.82) is 0 Å². The van der Waals surface area contributed by atoms with Crippen molar-refractivity contribution in [1.82, 2.24) is 0 Å². The van der Waals surface area contributed by atoms with Crippen LogP contribution < -0.4 is 14.8 Å². The zero-order valence-electron chi connectivity index (χ0n) is 13.6. The second-order valence-corrected chi connectivity index (χ2v) is 4.90. The average Bonchev–Trinajstić information content (AvgIpc) is 2.61. The minimum atomic E-state index is -0.598. The minimum Gasteiger partial charge on any atom is -0.489 e. The standard InChI is InChI=1S/C17H18N2O6/c1-2-24-16-10-13(18-17(21)12-6-4-3-5-7-12)15(25-9-8-20)11-14(16)19(22)23/h3-7,10-11,20H,2,8-9H2,1H3,(H,18,21). The molecule has 0 saturated heterocycles. The molecular formula is C17H18N2O6.